The number of carboxylic acids is 1. The number of hydrogen-bond donors (Lipinski definition) is 4. The van der Waals surface area contributed by atoms with Gasteiger partial charge in [0.1, 0.15) is 6.04 Å². The lowest BCUT2D eigenvalue weighted by atomic mass is 10.2. The molecule has 0 bridgehead atoms. The number of amides is 2. The van der Waals surface area contributed by atoms with E-state index in [1.165, 1.54) is 4.90 Å². The summed E-state index contributed by atoms with van der Waals surface area (Å²) in [5, 5.41) is 37.1. The van der Waals surface area contributed by atoms with Crippen molar-refractivity contribution < 1.29 is 30.0 Å². The van der Waals surface area contributed by atoms with Gasteiger partial charge in [-0.3, -0.25) is 0 Å². The predicted octanol–water partition coefficient (Wildman–Crippen LogP) is -2.34. The number of urea groups is 1. The van der Waals surface area contributed by atoms with Crippen LogP contribution in [-0.2, 0) is 4.79 Å². The Kier molecular flexibility index (Phi) is 3.42. The van der Waals surface area contributed by atoms with Gasteiger partial charge in [0.2, 0.25) is 0 Å². The molecular weight excluding hydrogens is 244 g/mol. The minimum Gasteiger partial charge on any atom is -0.480 e. The van der Waals surface area contributed by atoms with Crippen molar-refractivity contribution in [2.45, 2.75) is 30.8 Å². The van der Waals surface area contributed by atoms with Gasteiger partial charge in [-0.05, 0) is 0 Å². The van der Waals surface area contributed by atoms with E-state index in [2.05, 4.69) is 0 Å². The highest BCUT2D eigenvalue weighted by molar-refractivity contribution is 5.83. The van der Waals surface area contributed by atoms with Crippen LogP contribution in [-0.4, -0.2) is 86.2 Å². The van der Waals surface area contributed by atoms with E-state index in [1.807, 2.05) is 0 Å². The Balaban J connectivity index is 2.06. The van der Waals surface area contributed by atoms with E-state index in [-0.39, 0.29) is 26.1 Å². The van der Waals surface area contributed by atoms with Crippen molar-refractivity contribution in [3.8, 4) is 0 Å². The largest absolute Gasteiger partial charge is 0.480 e. The summed E-state index contributed by atoms with van der Waals surface area (Å²) in [6, 6.07) is -1.63. The number of hydrogen-bond acceptors (Lipinski definition) is 5. The molecule has 0 aromatic rings. The summed E-state index contributed by atoms with van der Waals surface area (Å²) in [4.78, 5) is 25.3. The van der Waals surface area contributed by atoms with Gasteiger partial charge in [0.05, 0.1) is 31.4 Å². The monoisotopic (exact) mass is 260 g/mol. The van der Waals surface area contributed by atoms with Gasteiger partial charge in [-0.25, -0.2) is 9.59 Å². The number of likely N-dealkylation sites (tertiary alicyclic amines) is 2. The molecule has 0 aromatic heterocycles. The SMILES string of the molecule is O=C(O)[C@@H]1C[C@@H](O)CN1C(=O)N1CC(O)C(O)C1. The summed E-state index contributed by atoms with van der Waals surface area (Å²) in [6.45, 7) is -0.101. The lowest BCUT2D eigenvalue weighted by Gasteiger charge is -2.26. The van der Waals surface area contributed by atoms with Gasteiger partial charge in [0, 0.05) is 13.0 Å². The zero-order chi connectivity index (χ0) is 13.4. The Morgan fingerprint density at radius 1 is 1.00 bits per heavy atom. The van der Waals surface area contributed by atoms with Crippen LogP contribution in [0.15, 0.2) is 0 Å². The number of β-amino-alcohol motifs (C(OH)–C–C–N with tert-alkyl or cyclic N) is 3. The first-order chi connectivity index (χ1) is 8.40. The van der Waals surface area contributed by atoms with Gasteiger partial charge < -0.3 is 30.2 Å². The normalized spacial score (nSPS) is 36.2. The van der Waals surface area contributed by atoms with Crippen LogP contribution in [0.5, 0.6) is 0 Å². The lowest BCUT2D eigenvalue weighted by Crippen LogP contribution is -2.47. The first-order valence-electron chi connectivity index (χ1n) is 5.72. The fourth-order valence-corrected chi connectivity index (χ4v) is 2.37. The summed E-state index contributed by atoms with van der Waals surface area (Å²) >= 11 is 0. The molecule has 2 unspecified atom stereocenters. The van der Waals surface area contributed by atoms with Gasteiger partial charge in [-0.1, -0.05) is 0 Å². The number of carbonyl (C=O) groups is 2. The van der Waals surface area contributed by atoms with Crippen LogP contribution in [0, 0.1) is 0 Å². The van der Waals surface area contributed by atoms with E-state index in [0.29, 0.717) is 0 Å². The highest BCUT2D eigenvalue weighted by Gasteiger charge is 2.43. The third-order valence-electron chi connectivity index (χ3n) is 3.34. The van der Waals surface area contributed by atoms with Gasteiger partial charge >= 0.3 is 12.0 Å². The average molecular weight is 260 g/mol. The van der Waals surface area contributed by atoms with Crippen LogP contribution >= 0.6 is 0 Å². The molecule has 8 heteroatoms. The van der Waals surface area contributed by atoms with Crippen LogP contribution in [0.1, 0.15) is 6.42 Å². The Bertz CT molecular complexity index is 352. The van der Waals surface area contributed by atoms with E-state index in [4.69, 9.17) is 5.11 Å². The lowest BCUT2D eigenvalue weighted by molar-refractivity contribution is -0.141. The van der Waals surface area contributed by atoms with Gasteiger partial charge in [0.15, 0.2) is 0 Å². The molecule has 2 amide bonds. The van der Waals surface area contributed by atoms with Crippen molar-refractivity contribution in [2.24, 2.45) is 0 Å². The van der Waals surface area contributed by atoms with Crippen molar-refractivity contribution in [1.29, 1.82) is 0 Å². The van der Waals surface area contributed by atoms with Crippen LogP contribution < -0.4 is 0 Å². The van der Waals surface area contributed by atoms with Crippen LogP contribution in [0.3, 0.4) is 0 Å². The molecule has 0 spiro atoms. The smallest absolute Gasteiger partial charge is 0.326 e. The molecular formula is C10H16N2O6. The summed E-state index contributed by atoms with van der Waals surface area (Å²) in [6.07, 6.45) is -2.87. The van der Waals surface area contributed by atoms with E-state index in [1.54, 1.807) is 0 Å². The number of carboxylic acid groups (broad SMARTS) is 1. The Morgan fingerprint density at radius 2 is 1.56 bits per heavy atom. The van der Waals surface area contributed by atoms with Crippen molar-refractivity contribution in [3.63, 3.8) is 0 Å². The first kappa shape index (κ1) is 13.1. The van der Waals surface area contributed by atoms with Gasteiger partial charge in [0.25, 0.3) is 0 Å². The van der Waals surface area contributed by atoms with Crippen molar-refractivity contribution in [1.82, 2.24) is 9.80 Å². The van der Waals surface area contributed by atoms with Crippen LogP contribution in [0.2, 0.25) is 0 Å². The minimum absolute atomic E-state index is 0.0000203. The zero-order valence-electron chi connectivity index (χ0n) is 9.64. The molecule has 2 aliphatic rings. The molecule has 0 radical (unpaired) electrons. The number of rotatable bonds is 1. The summed E-state index contributed by atoms with van der Waals surface area (Å²) in [5.74, 6) is -1.17. The molecule has 2 aliphatic heterocycles. The quantitative estimate of drug-likeness (QED) is 0.419. The van der Waals surface area contributed by atoms with Crippen molar-refractivity contribution >= 4 is 12.0 Å². The molecule has 102 valence electrons. The number of aliphatic hydroxyl groups is 3. The predicted molar refractivity (Wildman–Crippen MR) is 57.7 cm³/mol. The third kappa shape index (κ3) is 2.26. The number of aliphatic carboxylic acids is 1. The Hall–Kier alpha value is -1.38. The molecule has 8 nitrogen and oxygen atoms in total. The van der Waals surface area contributed by atoms with Crippen LogP contribution in [0.4, 0.5) is 4.79 Å². The molecule has 2 saturated heterocycles. The fraction of sp³-hybridized carbons (Fsp3) is 0.800. The second kappa shape index (κ2) is 4.71. The van der Waals surface area contributed by atoms with E-state index in [0.717, 1.165) is 4.90 Å². The molecule has 4 atom stereocenters. The Labute approximate surface area is 103 Å². The fourth-order valence-electron chi connectivity index (χ4n) is 2.37. The van der Waals surface area contributed by atoms with E-state index < -0.39 is 36.4 Å². The minimum atomic E-state index is -1.17. The zero-order valence-corrected chi connectivity index (χ0v) is 9.64. The van der Waals surface area contributed by atoms with Crippen molar-refractivity contribution in [3.05, 3.63) is 0 Å². The highest BCUT2D eigenvalue weighted by atomic mass is 16.4. The van der Waals surface area contributed by atoms with E-state index in [9.17, 15) is 24.9 Å². The third-order valence-corrected chi connectivity index (χ3v) is 3.34. The maximum absolute atomic E-state index is 12.1. The number of carbonyl (C=O) groups excluding carboxylic acids is 1. The summed E-state index contributed by atoms with van der Waals surface area (Å²) in [5.41, 5.74) is 0. The summed E-state index contributed by atoms with van der Waals surface area (Å²) < 4.78 is 0. The molecule has 0 aromatic carbocycles. The highest BCUT2D eigenvalue weighted by Crippen LogP contribution is 2.22. The molecule has 2 fully saturated rings. The number of aliphatic hydroxyl groups excluding tert-OH is 3. The Morgan fingerprint density at radius 3 is 2.06 bits per heavy atom. The van der Waals surface area contributed by atoms with Gasteiger partial charge in [-0.2, -0.15) is 0 Å². The molecule has 0 aliphatic carbocycles. The topological polar surface area (TPSA) is 122 Å². The maximum atomic E-state index is 12.1. The molecule has 2 heterocycles. The molecule has 0 saturated carbocycles. The standard InChI is InChI=1S/C10H16N2O6/c13-5-1-6(9(16)17)12(2-5)10(18)11-3-7(14)8(15)4-11/h5-8,13-15H,1-4H2,(H,16,17)/t5-,6+,7?,8?/m1/s1. The summed E-state index contributed by atoms with van der Waals surface area (Å²) in [7, 11) is 0. The van der Waals surface area contributed by atoms with Gasteiger partial charge in [-0.15, -0.1) is 0 Å². The molecule has 18 heavy (non-hydrogen) atoms. The second-order valence-corrected chi connectivity index (χ2v) is 4.72. The second-order valence-electron chi connectivity index (χ2n) is 4.72. The maximum Gasteiger partial charge on any atom is 0.326 e. The molecule has 4 N–H and O–H groups in total. The van der Waals surface area contributed by atoms with Crippen LogP contribution in [0.25, 0.3) is 0 Å². The van der Waals surface area contributed by atoms with E-state index >= 15 is 0 Å². The number of nitrogens with zero attached hydrogens (tertiary/aromatic N) is 2. The molecule has 2 rings (SSSR count). The first-order valence-corrected chi connectivity index (χ1v) is 5.72. The average Bonchev–Trinajstić information content (AvgIpc) is 2.82. The van der Waals surface area contributed by atoms with Crippen molar-refractivity contribution in [2.75, 3.05) is 19.6 Å².